The van der Waals surface area contributed by atoms with Crippen molar-refractivity contribution in [2.24, 2.45) is 5.73 Å². The molecule has 1 aliphatic heterocycles. The first-order valence-electron chi connectivity index (χ1n) is 6.53. The number of fused-ring (bicyclic) bond motifs is 1. The molecule has 3 N–H and O–H groups in total. The molecule has 22 heavy (non-hydrogen) atoms. The van der Waals surface area contributed by atoms with Gasteiger partial charge in [-0.25, -0.2) is 9.67 Å². The summed E-state index contributed by atoms with van der Waals surface area (Å²) >= 11 is 0. The summed E-state index contributed by atoms with van der Waals surface area (Å²) in [5, 5.41) is 6.64. The molecule has 0 saturated carbocycles. The Hall–Kier alpha value is -2.42. The van der Waals surface area contributed by atoms with Gasteiger partial charge >= 0.3 is 6.18 Å². The second kappa shape index (κ2) is 5.09. The summed E-state index contributed by atoms with van der Waals surface area (Å²) in [6.45, 7) is 1.10. The predicted molar refractivity (Wildman–Crippen MR) is 70.3 cm³/mol. The number of amides is 1. The molecule has 0 fully saturated rings. The summed E-state index contributed by atoms with van der Waals surface area (Å²) in [7, 11) is 0. The Morgan fingerprint density at radius 3 is 2.82 bits per heavy atom. The molecule has 1 amide bonds. The van der Waals surface area contributed by atoms with Crippen LogP contribution in [0.3, 0.4) is 0 Å². The third kappa shape index (κ3) is 2.54. The van der Waals surface area contributed by atoms with E-state index in [4.69, 9.17) is 5.73 Å². The topological polar surface area (TPSA) is 85.8 Å². The molecule has 9 heteroatoms. The highest BCUT2D eigenvalue weighted by Gasteiger charge is 2.34. The van der Waals surface area contributed by atoms with Crippen LogP contribution in [0, 0.1) is 0 Å². The van der Waals surface area contributed by atoms with Gasteiger partial charge in [0.15, 0.2) is 5.69 Å². The Labute approximate surface area is 123 Å². The molecule has 2 aromatic heterocycles. The number of nitrogens with two attached hydrogens (primary N) is 1. The van der Waals surface area contributed by atoms with Crippen molar-refractivity contribution in [3.63, 3.8) is 0 Å². The first-order chi connectivity index (χ1) is 10.4. The molecule has 3 rings (SSSR count). The number of primary amides is 1. The molecule has 0 saturated heterocycles. The molecule has 6 nitrogen and oxygen atoms in total. The third-order valence-electron chi connectivity index (χ3n) is 3.41. The van der Waals surface area contributed by atoms with Gasteiger partial charge in [-0.1, -0.05) is 0 Å². The SMILES string of the molecule is NC(=O)c1cc(-n2ccc(C(F)(F)F)n2)c2c(n1)CNCC2. The number of pyridine rings is 1. The van der Waals surface area contributed by atoms with Crippen molar-refractivity contribution in [2.75, 3.05) is 6.54 Å². The lowest BCUT2D eigenvalue weighted by Gasteiger charge is -2.20. The Balaban J connectivity index is 2.14. The standard InChI is InChI=1S/C13H12F3N5O/c14-13(15,16)11-2-4-21(20-11)10-5-8(12(17)22)19-9-6-18-3-1-7(9)10/h2,4-5,18H,1,3,6H2,(H2,17,22). The maximum atomic E-state index is 12.7. The quantitative estimate of drug-likeness (QED) is 0.867. The van der Waals surface area contributed by atoms with Crippen LogP contribution in [0.5, 0.6) is 0 Å². The van der Waals surface area contributed by atoms with Crippen molar-refractivity contribution >= 4 is 5.91 Å². The molecule has 0 aromatic carbocycles. The highest BCUT2D eigenvalue weighted by atomic mass is 19.4. The number of hydrogen-bond acceptors (Lipinski definition) is 4. The molecule has 1 aliphatic rings. The van der Waals surface area contributed by atoms with Gasteiger partial charge in [0, 0.05) is 18.3 Å². The summed E-state index contributed by atoms with van der Waals surface area (Å²) in [5.74, 6) is -0.738. The second-order valence-corrected chi connectivity index (χ2v) is 4.89. The lowest BCUT2D eigenvalue weighted by Crippen LogP contribution is -2.28. The zero-order valence-electron chi connectivity index (χ0n) is 11.3. The normalized spacial score (nSPS) is 14.7. The minimum Gasteiger partial charge on any atom is -0.364 e. The first-order valence-corrected chi connectivity index (χ1v) is 6.53. The lowest BCUT2D eigenvalue weighted by atomic mass is 10.0. The Morgan fingerprint density at radius 2 is 2.18 bits per heavy atom. The number of hydrogen-bond donors (Lipinski definition) is 2. The second-order valence-electron chi connectivity index (χ2n) is 4.89. The molecule has 0 spiro atoms. The van der Waals surface area contributed by atoms with Gasteiger partial charge in [-0.05, 0) is 25.1 Å². The van der Waals surface area contributed by atoms with Gasteiger partial charge in [0.05, 0.1) is 11.4 Å². The molecular formula is C13H12F3N5O. The first kappa shape index (κ1) is 14.5. The monoisotopic (exact) mass is 311 g/mol. The molecule has 2 aromatic rings. The number of alkyl halides is 3. The van der Waals surface area contributed by atoms with Crippen LogP contribution in [0.15, 0.2) is 18.3 Å². The Kier molecular flexibility index (Phi) is 3.36. The molecule has 0 aliphatic carbocycles. The van der Waals surface area contributed by atoms with Gasteiger partial charge in [0.2, 0.25) is 0 Å². The molecule has 0 unspecified atom stereocenters. The molecular weight excluding hydrogens is 299 g/mol. The lowest BCUT2D eigenvalue weighted by molar-refractivity contribution is -0.141. The maximum absolute atomic E-state index is 12.7. The number of carbonyl (C=O) groups excluding carboxylic acids is 1. The number of aromatic nitrogens is 3. The van der Waals surface area contributed by atoms with E-state index in [-0.39, 0.29) is 5.69 Å². The van der Waals surface area contributed by atoms with Crippen molar-refractivity contribution in [2.45, 2.75) is 19.1 Å². The van der Waals surface area contributed by atoms with E-state index in [2.05, 4.69) is 15.4 Å². The average Bonchev–Trinajstić information content (AvgIpc) is 2.95. The fraction of sp³-hybridized carbons (Fsp3) is 0.308. The Bertz CT molecular complexity index is 738. The number of nitrogens with zero attached hydrogens (tertiary/aromatic N) is 3. The van der Waals surface area contributed by atoms with Crippen LogP contribution in [-0.4, -0.2) is 27.2 Å². The third-order valence-corrected chi connectivity index (χ3v) is 3.41. The van der Waals surface area contributed by atoms with E-state index in [1.165, 1.54) is 12.3 Å². The van der Waals surface area contributed by atoms with Crippen molar-refractivity contribution in [1.82, 2.24) is 20.1 Å². The van der Waals surface area contributed by atoms with Crippen LogP contribution >= 0.6 is 0 Å². The summed E-state index contributed by atoms with van der Waals surface area (Å²) in [6.07, 6.45) is -2.73. The summed E-state index contributed by atoms with van der Waals surface area (Å²) in [6, 6.07) is 2.26. The van der Waals surface area contributed by atoms with Crippen molar-refractivity contribution < 1.29 is 18.0 Å². The minimum absolute atomic E-state index is 0.00140. The predicted octanol–water partition coefficient (Wildman–Crippen LogP) is 1.03. The fourth-order valence-electron chi connectivity index (χ4n) is 2.39. The van der Waals surface area contributed by atoms with Crippen LogP contribution in [-0.2, 0) is 19.1 Å². The van der Waals surface area contributed by atoms with E-state index < -0.39 is 17.8 Å². The van der Waals surface area contributed by atoms with Gasteiger partial charge in [0.1, 0.15) is 5.69 Å². The minimum atomic E-state index is -4.52. The van der Waals surface area contributed by atoms with Crippen LogP contribution in [0.25, 0.3) is 5.69 Å². The van der Waals surface area contributed by atoms with Crippen molar-refractivity contribution in [3.8, 4) is 5.69 Å². The highest BCUT2D eigenvalue weighted by molar-refractivity contribution is 5.91. The molecule has 0 bridgehead atoms. The summed E-state index contributed by atoms with van der Waals surface area (Å²) in [4.78, 5) is 15.5. The van der Waals surface area contributed by atoms with E-state index in [1.54, 1.807) is 0 Å². The average molecular weight is 311 g/mol. The van der Waals surface area contributed by atoms with Crippen LogP contribution in [0.1, 0.15) is 27.4 Å². The van der Waals surface area contributed by atoms with Crippen LogP contribution in [0.4, 0.5) is 13.2 Å². The molecule has 3 heterocycles. The number of halogens is 3. The molecule has 0 radical (unpaired) electrons. The van der Waals surface area contributed by atoms with Gasteiger partial charge in [-0.15, -0.1) is 0 Å². The largest absolute Gasteiger partial charge is 0.435 e. The highest BCUT2D eigenvalue weighted by Crippen LogP contribution is 2.29. The van der Waals surface area contributed by atoms with Crippen LogP contribution in [0.2, 0.25) is 0 Å². The number of rotatable bonds is 2. The van der Waals surface area contributed by atoms with Gasteiger partial charge < -0.3 is 11.1 Å². The summed E-state index contributed by atoms with van der Waals surface area (Å²) < 4.78 is 39.2. The maximum Gasteiger partial charge on any atom is 0.435 e. The zero-order valence-corrected chi connectivity index (χ0v) is 11.3. The van der Waals surface area contributed by atoms with Gasteiger partial charge in [-0.2, -0.15) is 18.3 Å². The van der Waals surface area contributed by atoms with Gasteiger partial charge in [0.25, 0.3) is 5.91 Å². The van der Waals surface area contributed by atoms with E-state index in [0.717, 1.165) is 16.3 Å². The Morgan fingerprint density at radius 1 is 1.41 bits per heavy atom. The van der Waals surface area contributed by atoms with Crippen molar-refractivity contribution in [1.29, 1.82) is 0 Å². The van der Waals surface area contributed by atoms with Gasteiger partial charge in [-0.3, -0.25) is 4.79 Å². The summed E-state index contributed by atoms with van der Waals surface area (Å²) in [5.41, 5.74) is 6.01. The zero-order chi connectivity index (χ0) is 15.9. The molecule has 0 atom stereocenters. The smallest absolute Gasteiger partial charge is 0.364 e. The van der Waals surface area contributed by atoms with Crippen molar-refractivity contribution in [3.05, 3.63) is 41.0 Å². The fourth-order valence-corrected chi connectivity index (χ4v) is 2.39. The molecule has 116 valence electrons. The number of nitrogens with one attached hydrogen (secondary N) is 1. The van der Waals surface area contributed by atoms with Crippen LogP contribution < -0.4 is 11.1 Å². The van der Waals surface area contributed by atoms with E-state index in [0.29, 0.717) is 30.9 Å². The van der Waals surface area contributed by atoms with E-state index >= 15 is 0 Å². The van der Waals surface area contributed by atoms with E-state index in [9.17, 15) is 18.0 Å². The van der Waals surface area contributed by atoms with E-state index in [1.807, 2.05) is 0 Å². The number of carbonyl (C=O) groups is 1.